The van der Waals surface area contributed by atoms with E-state index in [4.69, 9.17) is 18.9 Å². The third-order valence-electron chi connectivity index (χ3n) is 10.7. The molecule has 0 spiro atoms. The van der Waals surface area contributed by atoms with Crippen molar-refractivity contribution in [3.63, 3.8) is 0 Å². The molecule has 0 aromatic heterocycles. The predicted octanol–water partition coefficient (Wildman–Crippen LogP) is 3.84. The predicted molar refractivity (Wildman–Crippen MR) is 203 cm³/mol. The van der Waals surface area contributed by atoms with E-state index in [-0.39, 0.29) is 64.2 Å². The standard InChI is InChI=1S/C40H54N2O13/c1-18-11-10-12-19(2)39(51)42-30-25(17-41-14-15-43)34(48)27-28(35(30)49)33(47)23(6)37-29(27)38(50)40(8,55-37)53-16-13-26(52-9)20(3)36(54-24(7)44)22(5)32(46)21(4)31(18)45/h10-13,16,18,20-22,26,31-32,36,41,43,45-49H,14-15,17H2,1-9H3,(H,42,51)/b11-10+,16-13+,19-12-/t18-,20+,21+,22+,26-,31-,32+,36+,40-/m0/s1. The molecule has 0 fully saturated rings. The quantitative estimate of drug-likeness (QED) is 0.0903. The highest BCUT2D eigenvalue weighted by Gasteiger charge is 2.50. The summed E-state index contributed by atoms with van der Waals surface area (Å²) in [5, 5.41) is 72.0. The van der Waals surface area contributed by atoms with Crippen LogP contribution in [0.25, 0.3) is 10.8 Å². The van der Waals surface area contributed by atoms with Crippen molar-refractivity contribution in [3.05, 3.63) is 52.8 Å². The Morgan fingerprint density at radius 1 is 0.964 bits per heavy atom. The zero-order chi connectivity index (χ0) is 41.1. The van der Waals surface area contributed by atoms with Crippen molar-refractivity contribution >= 4 is 34.1 Å². The van der Waals surface area contributed by atoms with Gasteiger partial charge in [0.15, 0.2) is 5.75 Å². The zero-order valence-electron chi connectivity index (χ0n) is 32.7. The molecule has 3 aliphatic rings. The third-order valence-corrected chi connectivity index (χ3v) is 10.7. The summed E-state index contributed by atoms with van der Waals surface area (Å²) in [6.07, 6.45) is 3.47. The summed E-state index contributed by atoms with van der Waals surface area (Å²) in [6.45, 7) is 12.0. The van der Waals surface area contributed by atoms with Gasteiger partial charge in [0.1, 0.15) is 23.4 Å². The molecule has 0 radical (unpaired) electrons. The molecule has 2 aromatic carbocycles. The second-order valence-electron chi connectivity index (χ2n) is 14.6. The fourth-order valence-electron chi connectivity index (χ4n) is 7.25. The van der Waals surface area contributed by atoms with E-state index < -0.39 is 88.8 Å². The number of amides is 1. The number of phenolic OH excluding ortho intramolecular Hbond substituents is 3. The Labute approximate surface area is 320 Å². The number of ether oxygens (including phenoxy) is 4. The van der Waals surface area contributed by atoms with Crippen LogP contribution < -0.4 is 15.4 Å². The Morgan fingerprint density at radius 2 is 1.64 bits per heavy atom. The van der Waals surface area contributed by atoms with E-state index in [1.807, 2.05) is 0 Å². The summed E-state index contributed by atoms with van der Waals surface area (Å²) in [6, 6.07) is 0. The van der Waals surface area contributed by atoms with Crippen molar-refractivity contribution in [2.24, 2.45) is 23.7 Å². The minimum absolute atomic E-state index is 0.0442. The number of ketones is 1. The highest BCUT2D eigenvalue weighted by Crippen LogP contribution is 2.55. The molecule has 0 saturated heterocycles. The molecule has 5 rings (SSSR count). The van der Waals surface area contributed by atoms with Crippen LogP contribution in [0.2, 0.25) is 0 Å². The van der Waals surface area contributed by atoms with Gasteiger partial charge in [-0.3, -0.25) is 14.4 Å². The van der Waals surface area contributed by atoms with Crippen LogP contribution in [0.5, 0.6) is 23.0 Å². The fraction of sp³-hybridized carbons (Fsp3) is 0.525. The number of fused-ring (bicyclic) bond motifs is 14. The molecule has 5 bridgehead atoms. The normalized spacial score (nSPS) is 31.3. The van der Waals surface area contributed by atoms with E-state index in [9.17, 15) is 45.0 Å². The number of anilines is 1. The molecule has 3 aliphatic heterocycles. The van der Waals surface area contributed by atoms with E-state index >= 15 is 0 Å². The van der Waals surface area contributed by atoms with E-state index in [1.54, 1.807) is 39.8 Å². The first kappa shape index (κ1) is 43.1. The SMILES string of the molecule is CO[C@H]1/C=C/O[C@@]2(C)Oc3c(C)c(O)c4c(O)c(c(CNCCO)c(O)c4c3C2=O)NC(=O)/C(C)=C\C=C\[C@H](C)[C@H](O)[C@@H](C)[C@@H](O)[C@@H](C)[C@H](OC(C)=O)[C@@H]1C. The average Bonchev–Trinajstić information content (AvgIpc) is 3.41. The van der Waals surface area contributed by atoms with Gasteiger partial charge in [0.25, 0.3) is 11.7 Å². The van der Waals surface area contributed by atoms with Crippen LogP contribution in [0.4, 0.5) is 5.69 Å². The molecule has 9 atom stereocenters. The lowest BCUT2D eigenvalue weighted by Gasteiger charge is -2.38. The smallest absolute Gasteiger partial charge is 0.312 e. The number of allylic oxidation sites excluding steroid dienone is 2. The molecule has 302 valence electrons. The average molecular weight is 771 g/mol. The maximum atomic E-state index is 14.2. The molecule has 0 saturated carbocycles. The summed E-state index contributed by atoms with van der Waals surface area (Å²) in [7, 11) is 1.43. The number of aliphatic hydroxyl groups excluding tert-OH is 3. The summed E-state index contributed by atoms with van der Waals surface area (Å²) in [4.78, 5) is 40.0. The van der Waals surface area contributed by atoms with Gasteiger partial charge in [0.2, 0.25) is 0 Å². The maximum Gasteiger partial charge on any atom is 0.312 e. The number of hydrogen-bond acceptors (Lipinski definition) is 14. The van der Waals surface area contributed by atoms with Crippen LogP contribution in [-0.2, 0) is 30.3 Å². The van der Waals surface area contributed by atoms with Gasteiger partial charge in [-0.2, -0.15) is 0 Å². The number of esters is 1. The molecule has 3 heterocycles. The number of methoxy groups -OCH3 is 1. The highest BCUT2D eigenvalue weighted by atomic mass is 16.7. The van der Waals surface area contributed by atoms with Crippen LogP contribution in [-0.4, -0.2) is 98.8 Å². The minimum Gasteiger partial charge on any atom is -0.507 e. The van der Waals surface area contributed by atoms with Crippen molar-refractivity contribution in [1.29, 1.82) is 0 Å². The van der Waals surface area contributed by atoms with E-state index in [0.717, 1.165) is 0 Å². The Hall–Kier alpha value is -4.67. The molecular weight excluding hydrogens is 716 g/mol. The summed E-state index contributed by atoms with van der Waals surface area (Å²) in [5.74, 6) is -8.39. The van der Waals surface area contributed by atoms with Gasteiger partial charge >= 0.3 is 11.8 Å². The number of carbonyl (C=O) groups is 3. The van der Waals surface area contributed by atoms with Crippen molar-refractivity contribution in [3.8, 4) is 23.0 Å². The summed E-state index contributed by atoms with van der Waals surface area (Å²) >= 11 is 0. The first-order valence-electron chi connectivity index (χ1n) is 18.2. The molecule has 55 heavy (non-hydrogen) atoms. The van der Waals surface area contributed by atoms with Crippen LogP contribution in [0.3, 0.4) is 0 Å². The van der Waals surface area contributed by atoms with Crippen LogP contribution in [0.15, 0.2) is 36.1 Å². The van der Waals surface area contributed by atoms with E-state index in [0.29, 0.717) is 0 Å². The number of hydrogen-bond donors (Lipinski definition) is 8. The zero-order valence-corrected chi connectivity index (χ0v) is 32.7. The molecule has 1 amide bonds. The number of benzene rings is 2. The first-order valence-corrected chi connectivity index (χ1v) is 18.2. The number of aliphatic hydroxyl groups is 3. The Morgan fingerprint density at radius 3 is 2.25 bits per heavy atom. The number of phenols is 3. The lowest BCUT2D eigenvalue weighted by molar-refractivity contribution is -0.160. The van der Waals surface area contributed by atoms with Gasteiger partial charge < -0.3 is 60.2 Å². The number of rotatable bonds is 6. The fourth-order valence-corrected chi connectivity index (χ4v) is 7.25. The topological polar surface area (TPSA) is 234 Å². The van der Waals surface area contributed by atoms with Crippen LogP contribution >= 0.6 is 0 Å². The van der Waals surface area contributed by atoms with Crippen LogP contribution in [0, 0.1) is 30.6 Å². The van der Waals surface area contributed by atoms with Crippen molar-refractivity contribution < 1.29 is 64.0 Å². The maximum absolute atomic E-state index is 14.2. The molecule has 0 unspecified atom stereocenters. The minimum atomic E-state index is -2.04. The Bertz CT molecular complexity index is 1890. The van der Waals surface area contributed by atoms with Crippen LogP contribution in [0.1, 0.15) is 70.0 Å². The van der Waals surface area contributed by atoms with Gasteiger partial charge in [-0.05, 0) is 19.9 Å². The third kappa shape index (κ3) is 8.45. The summed E-state index contributed by atoms with van der Waals surface area (Å²) < 4.78 is 23.4. The van der Waals surface area contributed by atoms with Gasteiger partial charge in [0.05, 0.1) is 47.8 Å². The number of carbonyl (C=O) groups excluding carboxylic acids is 3. The number of nitrogens with one attached hydrogen (secondary N) is 2. The largest absolute Gasteiger partial charge is 0.507 e. The molecular formula is C40H54N2O13. The Balaban J connectivity index is 1.95. The number of aromatic hydroxyl groups is 3. The molecule has 8 N–H and O–H groups in total. The molecule has 15 heteroatoms. The van der Waals surface area contributed by atoms with Crippen molar-refractivity contribution in [2.45, 2.75) is 92.1 Å². The summed E-state index contributed by atoms with van der Waals surface area (Å²) in [5.41, 5.74) is -0.280. The lowest BCUT2D eigenvalue weighted by atomic mass is 9.78. The molecule has 2 aromatic rings. The lowest BCUT2D eigenvalue weighted by Crippen LogP contribution is -2.46. The second-order valence-corrected chi connectivity index (χ2v) is 14.6. The van der Waals surface area contributed by atoms with Crippen molar-refractivity contribution in [2.75, 3.05) is 25.6 Å². The van der Waals surface area contributed by atoms with Gasteiger partial charge in [0, 0.05) is 79.8 Å². The van der Waals surface area contributed by atoms with Crippen molar-refractivity contribution in [1.82, 2.24) is 5.32 Å². The van der Waals surface area contributed by atoms with Gasteiger partial charge in [-0.1, -0.05) is 45.9 Å². The molecule has 0 aliphatic carbocycles. The van der Waals surface area contributed by atoms with Gasteiger partial charge in [-0.15, -0.1) is 0 Å². The highest BCUT2D eigenvalue weighted by molar-refractivity contribution is 6.22. The number of Topliss-reactive ketones (excluding diaryl/α,β-unsaturated/α-hetero) is 1. The molecule has 15 nitrogen and oxygen atoms in total. The second kappa shape index (κ2) is 17.4. The Kier molecular flexibility index (Phi) is 13.6. The first-order chi connectivity index (χ1) is 25.8. The van der Waals surface area contributed by atoms with E-state index in [2.05, 4.69) is 10.6 Å². The van der Waals surface area contributed by atoms with E-state index in [1.165, 1.54) is 53.2 Å². The monoisotopic (exact) mass is 770 g/mol. The van der Waals surface area contributed by atoms with Gasteiger partial charge in [-0.25, -0.2) is 0 Å².